The van der Waals surface area contributed by atoms with E-state index in [2.05, 4.69) is 0 Å². The van der Waals surface area contributed by atoms with E-state index in [9.17, 15) is 14.7 Å². The largest absolute Gasteiger partial charge is 0.548 e. The topological polar surface area (TPSA) is 78.9 Å². The van der Waals surface area contributed by atoms with E-state index < -0.39 is 18.4 Å². The standard InChI is InChI=1S/C14H12ClNO5S2/c1-20-9-4-7(3-8(15)12(9)21-2)5-10-13(19)16(6-11(17)18)14(22)23-10/h3-5H,6H2,1-2H3,(H,17,18)/p-1/b10-5-. The Morgan fingerprint density at radius 1 is 1.43 bits per heavy atom. The van der Waals surface area contributed by atoms with Crippen molar-refractivity contribution in [2.45, 2.75) is 0 Å². The number of thiocarbonyl (C=S) groups is 1. The average Bonchev–Trinajstić information content (AvgIpc) is 2.73. The minimum Gasteiger partial charge on any atom is -0.548 e. The first kappa shape index (κ1) is 17.6. The van der Waals surface area contributed by atoms with Gasteiger partial charge in [-0.2, -0.15) is 0 Å². The van der Waals surface area contributed by atoms with Gasteiger partial charge in [0.25, 0.3) is 5.91 Å². The Labute approximate surface area is 147 Å². The highest BCUT2D eigenvalue weighted by atomic mass is 35.5. The second-order valence-electron chi connectivity index (χ2n) is 4.38. The molecule has 1 fully saturated rings. The van der Waals surface area contributed by atoms with Crippen LogP contribution in [0.1, 0.15) is 5.56 Å². The SMILES string of the molecule is COc1cc(/C=C2\SC(=S)N(CC(=O)[O-])C2=O)cc(Cl)c1OC. The Morgan fingerprint density at radius 2 is 2.13 bits per heavy atom. The van der Waals surface area contributed by atoms with Gasteiger partial charge in [0.15, 0.2) is 11.5 Å². The van der Waals surface area contributed by atoms with Crippen molar-refractivity contribution >= 4 is 57.9 Å². The summed E-state index contributed by atoms with van der Waals surface area (Å²) in [6, 6.07) is 3.25. The molecule has 1 heterocycles. The molecule has 6 nitrogen and oxygen atoms in total. The van der Waals surface area contributed by atoms with Gasteiger partial charge in [-0.3, -0.25) is 9.69 Å². The van der Waals surface area contributed by atoms with Gasteiger partial charge in [-0.05, 0) is 23.8 Å². The Morgan fingerprint density at radius 3 is 2.70 bits per heavy atom. The van der Waals surface area contributed by atoms with Crippen molar-refractivity contribution in [2.75, 3.05) is 20.8 Å². The molecule has 0 spiro atoms. The summed E-state index contributed by atoms with van der Waals surface area (Å²) in [5.41, 5.74) is 0.599. The van der Waals surface area contributed by atoms with E-state index in [0.29, 0.717) is 27.0 Å². The van der Waals surface area contributed by atoms with Crippen LogP contribution in [0.3, 0.4) is 0 Å². The molecule has 0 aromatic heterocycles. The van der Waals surface area contributed by atoms with Gasteiger partial charge < -0.3 is 19.4 Å². The fraction of sp³-hybridized carbons (Fsp3) is 0.214. The predicted molar refractivity (Wildman–Crippen MR) is 89.4 cm³/mol. The molecule has 0 saturated carbocycles. The van der Waals surface area contributed by atoms with Gasteiger partial charge in [0.1, 0.15) is 4.32 Å². The number of nitrogens with zero attached hydrogens (tertiary/aromatic N) is 1. The summed E-state index contributed by atoms with van der Waals surface area (Å²) >= 11 is 12.1. The number of halogens is 1. The molecule has 1 aliphatic heterocycles. The first-order valence-corrected chi connectivity index (χ1v) is 7.84. The van der Waals surface area contributed by atoms with Crippen LogP contribution in [0.25, 0.3) is 6.08 Å². The molecule has 1 amide bonds. The zero-order valence-electron chi connectivity index (χ0n) is 12.1. The van der Waals surface area contributed by atoms with Crippen molar-refractivity contribution in [1.29, 1.82) is 0 Å². The molecule has 1 aromatic carbocycles. The number of hydrogen-bond donors (Lipinski definition) is 0. The third-order valence-electron chi connectivity index (χ3n) is 2.91. The Hall–Kier alpha value is -1.77. The van der Waals surface area contributed by atoms with Crippen molar-refractivity contribution in [3.05, 3.63) is 27.6 Å². The number of carbonyl (C=O) groups excluding carboxylic acids is 2. The summed E-state index contributed by atoms with van der Waals surface area (Å²) in [4.78, 5) is 24.1. The van der Waals surface area contributed by atoms with Crippen LogP contribution in [0.15, 0.2) is 17.0 Å². The number of rotatable bonds is 5. The maximum absolute atomic E-state index is 12.2. The molecule has 0 aliphatic carbocycles. The summed E-state index contributed by atoms with van der Waals surface area (Å²) in [7, 11) is 2.94. The summed E-state index contributed by atoms with van der Waals surface area (Å²) in [5, 5.41) is 11.0. The summed E-state index contributed by atoms with van der Waals surface area (Å²) < 4.78 is 10.5. The molecule has 0 radical (unpaired) electrons. The van der Waals surface area contributed by atoms with Crippen LogP contribution in [0.4, 0.5) is 0 Å². The number of aliphatic carboxylic acids is 1. The minimum atomic E-state index is -1.38. The number of methoxy groups -OCH3 is 2. The van der Waals surface area contributed by atoms with Crippen LogP contribution in [-0.2, 0) is 9.59 Å². The fourth-order valence-electron chi connectivity index (χ4n) is 1.94. The molecule has 0 unspecified atom stereocenters. The summed E-state index contributed by atoms with van der Waals surface area (Å²) in [6.07, 6.45) is 1.56. The van der Waals surface area contributed by atoms with Crippen LogP contribution in [0.5, 0.6) is 11.5 Å². The number of ether oxygens (including phenoxy) is 2. The molecule has 1 saturated heterocycles. The van der Waals surface area contributed by atoms with Gasteiger partial charge in [0.2, 0.25) is 0 Å². The number of hydrogen-bond acceptors (Lipinski definition) is 7. The number of amides is 1. The van der Waals surface area contributed by atoms with Crippen molar-refractivity contribution in [1.82, 2.24) is 4.90 Å². The van der Waals surface area contributed by atoms with Gasteiger partial charge in [-0.15, -0.1) is 0 Å². The monoisotopic (exact) mass is 372 g/mol. The molecule has 122 valence electrons. The summed E-state index contributed by atoms with van der Waals surface area (Å²) in [5.74, 6) is -1.07. The first-order chi connectivity index (χ1) is 10.9. The zero-order chi connectivity index (χ0) is 17.1. The van der Waals surface area contributed by atoms with E-state index in [1.165, 1.54) is 14.2 Å². The maximum atomic E-state index is 12.2. The molecular weight excluding hydrogens is 362 g/mol. The van der Waals surface area contributed by atoms with E-state index in [0.717, 1.165) is 16.7 Å². The minimum absolute atomic E-state index is 0.164. The third-order valence-corrected chi connectivity index (χ3v) is 4.57. The lowest BCUT2D eigenvalue weighted by atomic mass is 10.2. The smallest absolute Gasteiger partial charge is 0.266 e. The van der Waals surface area contributed by atoms with Gasteiger partial charge >= 0.3 is 0 Å². The Balaban J connectivity index is 2.36. The number of benzene rings is 1. The predicted octanol–water partition coefficient (Wildman–Crippen LogP) is 1.31. The van der Waals surface area contributed by atoms with Crippen LogP contribution < -0.4 is 14.6 Å². The first-order valence-electron chi connectivity index (χ1n) is 6.24. The number of carboxylic acids is 1. The van der Waals surface area contributed by atoms with E-state index in [1.807, 2.05) is 0 Å². The lowest BCUT2D eigenvalue weighted by Gasteiger charge is -2.14. The van der Waals surface area contributed by atoms with Crippen molar-refractivity contribution in [3.63, 3.8) is 0 Å². The molecule has 0 N–H and O–H groups in total. The van der Waals surface area contributed by atoms with Gasteiger partial charge in [0, 0.05) is 0 Å². The maximum Gasteiger partial charge on any atom is 0.266 e. The normalized spacial score (nSPS) is 16.1. The van der Waals surface area contributed by atoms with Crippen molar-refractivity contribution in [2.24, 2.45) is 0 Å². The number of carbonyl (C=O) groups is 2. The van der Waals surface area contributed by atoms with Gasteiger partial charge in [0.05, 0.1) is 36.7 Å². The van der Waals surface area contributed by atoms with E-state index >= 15 is 0 Å². The highest BCUT2D eigenvalue weighted by molar-refractivity contribution is 8.26. The third kappa shape index (κ3) is 3.77. The number of carboxylic acid groups (broad SMARTS) is 1. The molecule has 23 heavy (non-hydrogen) atoms. The van der Waals surface area contributed by atoms with E-state index in [4.69, 9.17) is 33.3 Å². The lowest BCUT2D eigenvalue weighted by molar-refractivity contribution is -0.305. The van der Waals surface area contributed by atoms with E-state index in [-0.39, 0.29) is 4.32 Å². The zero-order valence-corrected chi connectivity index (χ0v) is 14.5. The second kappa shape index (κ2) is 7.20. The molecule has 0 atom stereocenters. The second-order valence-corrected chi connectivity index (χ2v) is 6.46. The van der Waals surface area contributed by atoms with Crippen LogP contribution in [-0.4, -0.2) is 41.9 Å². The quantitative estimate of drug-likeness (QED) is 0.569. The average molecular weight is 373 g/mol. The highest BCUT2D eigenvalue weighted by Gasteiger charge is 2.32. The Kier molecular flexibility index (Phi) is 5.51. The lowest BCUT2D eigenvalue weighted by Crippen LogP contribution is -2.40. The Bertz CT molecular complexity index is 719. The molecule has 2 rings (SSSR count). The van der Waals surface area contributed by atoms with Gasteiger partial charge in [-0.25, -0.2) is 0 Å². The fourth-order valence-corrected chi connectivity index (χ4v) is 3.49. The van der Waals surface area contributed by atoms with Crippen molar-refractivity contribution in [3.8, 4) is 11.5 Å². The molecule has 1 aliphatic rings. The molecular formula is C14H11ClNO5S2-. The number of thioether (sulfide) groups is 1. The van der Waals surface area contributed by atoms with Gasteiger partial charge in [-0.1, -0.05) is 35.6 Å². The molecule has 0 bridgehead atoms. The van der Waals surface area contributed by atoms with Crippen LogP contribution >= 0.6 is 35.6 Å². The van der Waals surface area contributed by atoms with Crippen molar-refractivity contribution < 1.29 is 24.2 Å². The highest BCUT2D eigenvalue weighted by Crippen LogP contribution is 2.38. The van der Waals surface area contributed by atoms with Crippen LogP contribution in [0.2, 0.25) is 5.02 Å². The van der Waals surface area contributed by atoms with Crippen LogP contribution in [0, 0.1) is 0 Å². The molecule has 9 heteroatoms. The van der Waals surface area contributed by atoms with E-state index in [1.54, 1.807) is 18.2 Å². The molecule has 1 aromatic rings. The summed E-state index contributed by atoms with van der Waals surface area (Å²) in [6.45, 7) is -0.575.